The summed E-state index contributed by atoms with van der Waals surface area (Å²) in [6.45, 7) is 2.04. The number of hydrogen-bond acceptors (Lipinski definition) is 2. The first-order valence-corrected chi connectivity index (χ1v) is 7.44. The van der Waals surface area contributed by atoms with Gasteiger partial charge in [0.05, 0.1) is 16.8 Å². The minimum Gasteiger partial charge on any atom is -0.494 e. The van der Waals surface area contributed by atoms with E-state index in [1.54, 1.807) is 10.8 Å². The summed E-state index contributed by atoms with van der Waals surface area (Å²) < 4.78 is 2.71. The lowest BCUT2D eigenvalue weighted by molar-refractivity contribution is 0.434. The standard InChI is InChI=1S/C17H15BrN2O/c1-11-7-8-15(14(18)9-11)19-10-13-12-5-3-4-6-16(12)20(2)17(13)21/h3-10,21H,1-2H3. The van der Waals surface area contributed by atoms with Crippen molar-refractivity contribution in [2.24, 2.45) is 12.0 Å². The fraction of sp³-hybridized carbons (Fsp3) is 0.118. The number of para-hydroxylation sites is 1. The number of hydrogen-bond donors (Lipinski definition) is 1. The maximum absolute atomic E-state index is 10.3. The normalized spacial score (nSPS) is 11.6. The van der Waals surface area contributed by atoms with E-state index in [1.807, 2.05) is 56.4 Å². The molecule has 0 aliphatic rings. The molecule has 0 spiro atoms. The lowest BCUT2D eigenvalue weighted by Gasteiger charge is -2.00. The smallest absolute Gasteiger partial charge is 0.200 e. The SMILES string of the molecule is Cc1ccc(N=Cc2c(O)n(C)c3ccccc23)c(Br)c1. The van der Waals surface area contributed by atoms with Crippen LogP contribution in [-0.2, 0) is 7.05 Å². The first-order valence-electron chi connectivity index (χ1n) is 6.64. The fourth-order valence-corrected chi connectivity index (χ4v) is 2.98. The number of aliphatic imine (C=N–C) groups is 1. The summed E-state index contributed by atoms with van der Waals surface area (Å²) in [7, 11) is 1.84. The van der Waals surface area contributed by atoms with Crippen molar-refractivity contribution in [3.63, 3.8) is 0 Å². The Morgan fingerprint density at radius 2 is 1.95 bits per heavy atom. The fourth-order valence-electron chi connectivity index (χ4n) is 2.39. The highest BCUT2D eigenvalue weighted by Gasteiger charge is 2.12. The van der Waals surface area contributed by atoms with Crippen molar-refractivity contribution in [3.05, 3.63) is 58.1 Å². The van der Waals surface area contributed by atoms with Crippen LogP contribution in [0.1, 0.15) is 11.1 Å². The average molecular weight is 343 g/mol. The Balaban J connectivity index is 2.09. The quantitative estimate of drug-likeness (QED) is 0.673. The molecular weight excluding hydrogens is 328 g/mol. The van der Waals surface area contributed by atoms with Gasteiger partial charge in [0.25, 0.3) is 0 Å². The lowest BCUT2D eigenvalue weighted by atomic mass is 10.2. The lowest BCUT2D eigenvalue weighted by Crippen LogP contribution is -1.86. The van der Waals surface area contributed by atoms with Crippen molar-refractivity contribution in [2.45, 2.75) is 6.92 Å². The summed E-state index contributed by atoms with van der Waals surface area (Å²) in [5.41, 5.74) is 3.74. The van der Waals surface area contributed by atoms with Crippen molar-refractivity contribution >= 4 is 38.7 Å². The molecule has 2 aromatic carbocycles. The highest BCUT2D eigenvalue weighted by atomic mass is 79.9. The van der Waals surface area contributed by atoms with E-state index in [0.29, 0.717) is 0 Å². The molecule has 0 unspecified atom stereocenters. The topological polar surface area (TPSA) is 37.5 Å². The van der Waals surface area contributed by atoms with Crippen LogP contribution in [0.4, 0.5) is 5.69 Å². The molecule has 0 aliphatic heterocycles. The summed E-state index contributed by atoms with van der Waals surface area (Å²) in [5.74, 6) is 0.225. The Hall–Kier alpha value is -2.07. The van der Waals surface area contributed by atoms with Gasteiger partial charge in [0, 0.05) is 23.1 Å². The molecule has 21 heavy (non-hydrogen) atoms. The third-order valence-electron chi connectivity index (χ3n) is 3.55. The van der Waals surface area contributed by atoms with Crippen molar-refractivity contribution in [1.82, 2.24) is 4.57 Å². The monoisotopic (exact) mass is 342 g/mol. The van der Waals surface area contributed by atoms with Gasteiger partial charge < -0.3 is 9.67 Å². The number of aromatic nitrogens is 1. The van der Waals surface area contributed by atoms with Gasteiger partial charge in [0.2, 0.25) is 5.88 Å². The van der Waals surface area contributed by atoms with Gasteiger partial charge in [0.1, 0.15) is 0 Å². The largest absolute Gasteiger partial charge is 0.494 e. The third-order valence-corrected chi connectivity index (χ3v) is 4.19. The molecule has 1 N–H and O–H groups in total. The van der Waals surface area contributed by atoms with Crippen LogP contribution >= 0.6 is 15.9 Å². The van der Waals surface area contributed by atoms with E-state index in [2.05, 4.69) is 20.9 Å². The Morgan fingerprint density at radius 3 is 2.71 bits per heavy atom. The molecule has 0 saturated carbocycles. The van der Waals surface area contributed by atoms with Gasteiger partial charge in [-0.3, -0.25) is 4.99 Å². The highest BCUT2D eigenvalue weighted by molar-refractivity contribution is 9.10. The number of rotatable bonds is 2. The summed E-state index contributed by atoms with van der Waals surface area (Å²) in [4.78, 5) is 4.50. The van der Waals surface area contributed by atoms with E-state index in [1.165, 1.54) is 5.56 Å². The molecule has 0 bridgehead atoms. The molecular formula is C17H15BrN2O. The Kier molecular flexibility index (Phi) is 3.55. The zero-order chi connectivity index (χ0) is 15.0. The molecule has 0 atom stereocenters. The van der Waals surface area contributed by atoms with E-state index in [-0.39, 0.29) is 5.88 Å². The predicted molar refractivity (Wildman–Crippen MR) is 90.7 cm³/mol. The van der Waals surface area contributed by atoms with Gasteiger partial charge >= 0.3 is 0 Å². The first-order chi connectivity index (χ1) is 10.1. The number of fused-ring (bicyclic) bond motifs is 1. The van der Waals surface area contributed by atoms with Crippen molar-refractivity contribution < 1.29 is 5.11 Å². The summed E-state index contributed by atoms with van der Waals surface area (Å²) >= 11 is 3.51. The van der Waals surface area contributed by atoms with Crippen molar-refractivity contribution in [3.8, 4) is 5.88 Å². The number of halogens is 1. The van der Waals surface area contributed by atoms with Crippen LogP contribution in [-0.4, -0.2) is 15.9 Å². The molecule has 106 valence electrons. The molecule has 3 nitrogen and oxygen atoms in total. The number of aromatic hydroxyl groups is 1. The Morgan fingerprint density at radius 1 is 1.19 bits per heavy atom. The second-order valence-corrected chi connectivity index (χ2v) is 5.88. The molecule has 0 amide bonds. The molecule has 0 saturated heterocycles. The van der Waals surface area contributed by atoms with Crippen LogP contribution in [0.5, 0.6) is 5.88 Å². The van der Waals surface area contributed by atoms with E-state index >= 15 is 0 Å². The van der Waals surface area contributed by atoms with Gasteiger partial charge in [-0.2, -0.15) is 0 Å². The van der Waals surface area contributed by atoms with E-state index in [0.717, 1.165) is 26.6 Å². The summed E-state index contributed by atoms with van der Waals surface area (Å²) in [5, 5.41) is 11.3. The molecule has 1 heterocycles. The van der Waals surface area contributed by atoms with E-state index < -0.39 is 0 Å². The number of aryl methyl sites for hydroxylation is 2. The maximum atomic E-state index is 10.3. The average Bonchev–Trinajstić information content (AvgIpc) is 2.71. The molecule has 0 radical (unpaired) electrons. The van der Waals surface area contributed by atoms with Crippen LogP contribution < -0.4 is 0 Å². The predicted octanol–water partition coefficient (Wildman–Crippen LogP) is 4.71. The van der Waals surface area contributed by atoms with Crippen molar-refractivity contribution in [2.75, 3.05) is 0 Å². The Labute approximate surface area is 131 Å². The maximum Gasteiger partial charge on any atom is 0.200 e. The number of benzene rings is 2. The van der Waals surface area contributed by atoms with Gasteiger partial charge in [-0.15, -0.1) is 0 Å². The molecule has 1 aromatic heterocycles. The molecule has 3 rings (SSSR count). The van der Waals surface area contributed by atoms with Crippen LogP contribution in [0, 0.1) is 6.92 Å². The zero-order valence-electron chi connectivity index (χ0n) is 11.8. The van der Waals surface area contributed by atoms with Crippen molar-refractivity contribution in [1.29, 1.82) is 0 Å². The van der Waals surface area contributed by atoms with Gasteiger partial charge in [-0.05, 0) is 46.6 Å². The zero-order valence-corrected chi connectivity index (χ0v) is 13.4. The summed E-state index contributed by atoms with van der Waals surface area (Å²) in [6, 6.07) is 13.9. The van der Waals surface area contributed by atoms with Crippen LogP contribution in [0.25, 0.3) is 10.9 Å². The second kappa shape index (κ2) is 5.37. The third kappa shape index (κ3) is 2.47. The summed E-state index contributed by atoms with van der Waals surface area (Å²) in [6.07, 6.45) is 1.72. The van der Waals surface area contributed by atoms with E-state index in [9.17, 15) is 5.11 Å². The minimum absolute atomic E-state index is 0.225. The molecule has 0 fully saturated rings. The first kappa shape index (κ1) is 13.9. The molecule has 0 aliphatic carbocycles. The second-order valence-electron chi connectivity index (χ2n) is 5.03. The van der Waals surface area contributed by atoms with Gasteiger partial charge in [-0.25, -0.2) is 0 Å². The van der Waals surface area contributed by atoms with Gasteiger partial charge in [-0.1, -0.05) is 24.3 Å². The van der Waals surface area contributed by atoms with Crippen LogP contribution in [0.3, 0.4) is 0 Å². The van der Waals surface area contributed by atoms with Crippen LogP contribution in [0.2, 0.25) is 0 Å². The Bertz CT molecular complexity index is 849. The number of nitrogens with zero attached hydrogens (tertiary/aromatic N) is 2. The highest BCUT2D eigenvalue weighted by Crippen LogP contribution is 2.30. The van der Waals surface area contributed by atoms with E-state index in [4.69, 9.17) is 0 Å². The van der Waals surface area contributed by atoms with Crippen LogP contribution in [0.15, 0.2) is 51.9 Å². The minimum atomic E-state index is 0.225. The molecule has 4 heteroatoms. The molecule has 3 aromatic rings. The van der Waals surface area contributed by atoms with Gasteiger partial charge in [0.15, 0.2) is 0 Å².